The molecule has 1 aliphatic heterocycles. The molecule has 0 saturated carbocycles. The van der Waals surface area contributed by atoms with Gasteiger partial charge < -0.3 is 15.2 Å². The van der Waals surface area contributed by atoms with Crippen molar-refractivity contribution in [3.63, 3.8) is 0 Å². The van der Waals surface area contributed by atoms with Gasteiger partial charge in [0, 0.05) is 10.5 Å². The first-order valence-corrected chi connectivity index (χ1v) is 6.38. The van der Waals surface area contributed by atoms with Gasteiger partial charge in [-0.25, -0.2) is 0 Å². The minimum atomic E-state index is 0.381. The van der Waals surface area contributed by atoms with E-state index in [1.807, 2.05) is 0 Å². The van der Waals surface area contributed by atoms with Crippen molar-refractivity contribution in [2.75, 3.05) is 18.9 Å². The number of aromatic nitrogens is 2. The quantitative estimate of drug-likeness (QED) is 0.825. The first kappa shape index (κ1) is 12.0. The first-order valence-electron chi connectivity index (χ1n) is 5.59. The summed E-state index contributed by atoms with van der Waals surface area (Å²) in [7, 11) is 0. The van der Waals surface area contributed by atoms with Crippen LogP contribution in [0.25, 0.3) is 11.3 Å². The molecule has 0 spiro atoms. The molecule has 7 heteroatoms. The second-order valence-electron chi connectivity index (χ2n) is 4.00. The zero-order valence-corrected chi connectivity index (χ0v) is 11.4. The standard InChI is InChI=1S/C12H10BrN3O3/c13-7-3-6(5-17)11-12(19-2-1-18-11)10(7)8-4-9(14)16-15-8/h3-5H,1-2H2,(H3,14,15,16). The zero-order valence-electron chi connectivity index (χ0n) is 9.77. The Balaban J connectivity index is 2.27. The normalized spacial score (nSPS) is 13.3. The van der Waals surface area contributed by atoms with Crippen molar-refractivity contribution >= 4 is 28.0 Å². The number of hydrogen-bond donors (Lipinski definition) is 2. The van der Waals surface area contributed by atoms with E-state index < -0.39 is 0 Å². The van der Waals surface area contributed by atoms with E-state index in [2.05, 4.69) is 26.1 Å². The predicted octanol–water partition coefficient (Wildman–Crippen LogP) is 2.01. The molecule has 0 saturated heterocycles. The Kier molecular flexibility index (Phi) is 2.90. The number of halogens is 1. The van der Waals surface area contributed by atoms with Crippen LogP contribution in [0, 0.1) is 0 Å². The van der Waals surface area contributed by atoms with Crippen LogP contribution in [0.4, 0.5) is 5.82 Å². The van der Waals surface area contributed by atoms with Gasteiger partial charge in [0.15, 0.2) is 17.8 Å². The highest BCUT2D eigenvalue weighted by molar-refractivity contribution is 9.10. The van der Waals surface area contributed by atoms with E-state index in [1.54, 1.807) is 12.1 Å². The summed E-state index contributed by atoms with van der Waals surface area (Å²) < 4.78 is 11.9. The summed E-state index contributed by atoms with van der Waals surface area (Å²) in [5.41, 5.74) is 7.49. The van der Waals surface area contributed by atoms with Crippen LogP contribution in [0.5, 0.6) is 11.5 Å². The third-order valence-corrected chi connectivity index (χ3v) is 3.41. The van der Waals surface area contributed by atoms with Gasteiger partial charge in [-0.15, -0.1) is 0 Å². The molecule has 6 nitrogen and oxygen atoms in total. The summed E-state index contributed by atoms with van der Waals surface area (Å²) in [5.74, 6) is 1.35. The van der Waals surface area contributed by atoms with Crippen molar-refractivity contribution in [3.05, 3.63) is 22.2 Å². The molecular formula is C12H10BrN3O3. The molecule has 3 rings (SSSR count). The Labute approximate surface area is 117 Å². The van der Waals surface area contributed by atoms with Crippen molar-refractivity contribution < 1.29 is 14.3 Å². The number of nitrogens with zero attached hydrogens (tertiary/aromatic N) is 1. The minimum Gasteiger partial charge on any atom is -0.485 e. The topological polar surface area (TPSA) is 90.2 Å². The molecule has 98 valence electrons. The van der Waals surface area contributed by atoms with Crippen molar-refractivity contribution in [1.29, 1.82) is 0 Å². The summed E-state index contributed by atoms with van der Waals surface area (Å²) in [6.07, 6.45) is 0.739. The largest absolute Gasteiger partial charge is 0.485 e. The highest BCUT2D eigenvalue weighted by Crippen LogP contribution is 2.46. The summed E-state index contributed by atoms with van der Waals surface area (Å²) in [4.78, 5) is 11.1. The fraction of sp³-hybridized carbons (Fsp3) is 0.167. The molecule has 0 aliphatic carbocycles. The van der Waals surface area contributed by atoms with Gasteiger partial charge in [0.2, 0.25) is 0 Å². The van der Waals surface area contributed by atoms with Crippen LogP contribution in [0.1, 0.15) is 10.4 Å². The van der Waals surface area contributed by atoms with Gasteiger partial charge >= 0.3 is 0 Å². The van der Waals surface area contributed by atoms with Crippen molar-refractivity contribution in [1.82, 2.24) is 10.2 Å². The minimum absolute atomic E-state index is 0.381. The molecular weight excluding hydrogens is 314 g/mol. The van der Waals surface area contributed by atoms with Crippen LogP contribution in [0.15, 0.2) is 16.6 Å². The molecule has 0 bridgehead atoms. The number of nitrogens with two attached hydrogens (primary N) is 1. The molecule has 2 heterocycles. The number of ether oxygens (including phenoxy) is 2. The lowest BCUT2D eigenvalue weighted by molar-refractivity contribution is 0.111. The van der Waals surface area contributed by atoms with Gasteiger partial charge in [0.25, 0.3) is 0 Å². The Morgan fingerprint density at radius 1 is 1.32 bits per heavy atom. The molecule has 1 aliphatic rings. The number of aldehydes is 1. The third kappa shape index (κ3) is 1.95. The molecule has 0 fully saturated rings. The second-order valence-corrected chi connectivity index (χ2v) is 4.86. The maximum atomic E-state index is 11.1. The van der Waals surface area contributed by atoms with Gasteiger partial charge in [0.05, 0.1) is 16.8 Å². The third-order valence-electron chi connectivity index (χ3n) is 2.79. The molecule has 1 aromatic carbocycles. The predicted molar refractivity (Wildman–Crippen MR) is 72.5 cm³/mol. The van der Waals surface area contributed by atoms with Gasteiger partial charge in [-0.1, -0.05) is 0 Å². The monoisotopic (exact) mass is 323 g/mol. The maximum absolute atomic E-state index is 11.1. The van der Waals surface area contributed by atoms with Gasteiger partial charge in [-0.3, -0.25) is 9.89 Å². The van der Waals surface area contributed by atoms with Crippen molar-refractivity contribution in [2.45, 2.75) is 0 Å². The van der Waals surface area contributed by atoms with E-state index in [9.17, 15) is 4.79 Å². The lowest BCUT2D eigenvalue weighted by Crippen LogP contribution is -2.17. The first-order chi connectivity index (χ1) is 9.20. The summed E-state index contributed by atoms with van der Waals surface area (Å²) >= 11 is 3.43. The van der Waals surface area contributed by atoms with E-state index in [0.29, 0.717) is 46.3 Å². The van der Waals surface area contributed by atoms with Crippen LogP contribution in [0.3, 0.4) is 0 Å². The number of anilines is 1. The number of carbonyl (C=O) groups excluding carboxylic acids is 1. The van der Waals surface area contributed by atoms with Crippen molar-refractivity contribution in [2.24, 2.45) is 0 Å². The molecule has 0 radical (unpaired) electrons. The van der Waals surface area contributed by atoms with E-state index in [0.717, 1.165) is 11.8 Å². The highest BCUT2D eigenvalue weighted by atomic mass is 79.9. The number of aromatic amines is 1. The van der Waals surface area contributed by atoms with Crippen molar-refractivity contribution in [3.8, 4) is 22.8 Å². The average molecular weight is 324 g/mol. The van der Waals surface area contributed by atoms with Crippen LogP contribution in [0.2, 0.25) is 0 Å². The van der Waals surface area contributed by atoms with Crippen LogP contribution in [-0.4, -0.2) is 29.7 Å². The number of nitrogen functional groups attached to an aromatic ring is 1. The fourth-order valence-electron chi connectivity index (χ4n) is 2.01. The van der Waals surface area contributed by atoms with Gasteiger partial charge in [-0.05, 0) is 22.0 Å². The Hall–Kier alpha value is -2.02. The molecule has 0 unspecified atom stereocenters. The number of rotatable bonds is 2. The molecule has 3 N–H and O–H groups in total. The Bertz CT molecular complexity index is 654. The molecule has 1 aromatic heterocycles. The number of carbonyl (C=O) groups is 1. The number of fused-ring (bicyclic) bond motifs is 1. The van der Waals surface area contributed by atoms with E-state index >= 15 is 0 Å². The number of hydrogen-bond acceptors (Lipinski definition) is 5. The number of benzene rings is 1. The lowest BCUT2D eigenvalue weighted by atomic mass is 10.1. The Morgan fingerprint density at radius 2 is 2.05 bits per heavy atom. The lowest BCUT2D eigenvalue weighted by Gasteiger charge is -2.22. The summed E-state index contributed by atoms with van der Waals surface area (Å²) in [6, 6.07) is 3.38. The van der Waals surface area contributed by atoms with Crippen LogP contribution < -0.4 is 15.2 Å². The molecule has 19 heavy (non-hydrogen) atoms. The molecule has 2 aromatic rings. The number of nitrogens with one attached hydrogen (secondary N) is 1. The fourth-order valence-corrected chi connectivity index (χ4v) is 2.65. The Morgan fingerprint density at radius 3 is 2.68 bits per heavy atom. The van der Waals surface area contributed by atoms with Crippen LogP contribution >= 0.6 is 15.9 Å². The van der Waals surface area contributed by atoms with E-state index in [4.69, 9.17) is 15.2 Å². The van der Waals surface area contributed by atoms with Crippen LogP contribution in [-0.2, 0) is 0 Å². The van der Waals surface area contributed by atoms with E-state index in [-0.39, 0.29) is 0 Å². The second kappa shape index (κ2) is 4.58. The zero-order chi connectivity index (χ0) is 13.4. The molecule has 0 atom stereocenters. The SMILES string of the molecule is Nc1cc(-c2c(Br)cc(C=O)c3c2OCCO3)[nH]n1. The molecule has 0 amide bonds. The number of H-pyrrole nitrogens is 1. The van der Waals surface area contributed by atoms with Gasteiger partial charge in [0.1, 0.15) is 19.0 Å². The average Bonchev–Trinajstić information content (AvgIpc) is 2.84. The summed E-state index contributed by atoms with van der Waals surface area (Å²) in [6.45, 7) is 0.846. The maximum Gasteiger partial charge on any atom is 0.172 e. The summed E-state index contributed by atoms with van der Waals surface area (Å²) in [5, 5.41) is 6.71. The van der Waals surface area contributed by atoms with E-state index in [1.165, 1.54) is 0 Å². The van der Waals surface area contributed by atoms with Gasteiger partial charge in [-0.2, -0.15) is 5.10 Å². The smallest absolute Gasteiger partial charge is 0.172 e. The highest BCUT2D eigenvalue weighted by Gasteiger charge is 2.24.